The van der Waals surface area contributed by atoms with Crippen LogP contribution in [0.25, 0.3) is 10.2 Å². The van der Waals surface area contributed by atoms with Crippen molar-refractivity contribution in [2.24, 2.45) is 4.99 Å². The Bertz CT molecular complexity index is 995. The van der Waals surface area contributed by atoms with Crippen molar-refractivity contribution in [1.82, 2.24) is 4.57 Å². The first-order valence-electron chi connectivity index (χ1n) is 8.23. The Morgan fingerprint density at radius 3 is 2.59 bits per heavy atom. The van der Waals surface area contributed by atoms with Crippen LogP contribution in [0.1, 0.15) is 0 Å². The van der Waals surface area contributed by atoms with Crippen molar-refractivity contribution in [3.05, 3.63) is 53.1 Å². The molecule has 27 heavy (non-hydrogen) atoms. The number of hydrogen-bond donors (Lipinski definition) is 0. The van der Waals surface area contributed by atoms with Crippen LogP contribution in [-0.4, -0.2) is 37.9 Å². The van der Waals surface area contributed by atoms with Crippen LogP contribution in [0.5, 0.6) is 11.5 Å². The highest BCUT2D eigenvalue weighted by atomic mass is 32.1. The minimum absolute atomic E-state index is 0.229. The molecule has 8 heteroatoms. The van der Waals surface area contributed by atoms with Crippen molar-refractivity contribution >= 4 is 27.5 Å². The summed E-state index contributed by atoms with van der Waals surface area (Å²) in [6, 6.07) is 11.2. The van der Waals surface area contributed by atoms with Crippen LogP contribution in [0, 0.1) is 5.82 Å². The van der Waals surface area contributed by atoms with Crippen molar-refractivity contribution in [2.45, 2.75) is 6.54 Å². The van der Waals surface area contributed by atoms with E-state index in [2.05, 4.69) is 4.99 Å². The molecule has 0 unspecified atom stereocenters. The summed E-state index contributed by atoms with van der Waals surface area (Å²) in [6.07, 6.45) is 0. The molecule has 1 heterocycles. The molecule has 0 saturated carbocycles. The Balaban J connectivity index is 1.86. The van der Waals surface area contributed by atoms with Gasteiger partial charge in [-0.05, 0) is 42.5 Å². The molecule has 0 bridgehead atoms. The van der Waals surface area contributed by atoms with E-state index in [0.717, 1.165) is 16.0 Å². The Kier molecular flexibility index (Phi) is 6.20. The monoisotopic (exact) mass is 390 g/mol. The van der Waals surface area contributed by atoms with E-state index in [4.69, 9.17) is 14.2 Å². The van der Waals surface area contributed by atoms with E-state index in [9.17, 15) is 9.18 Å². The van der Waals surface area contributed by atoms with Gasteiger partial charge in [0.2, 0.25) is 0 Å². The Hall–Kier alpha value is -2.71. The van der Waals surface area contributed by atoms with Gasteiger partial charge >= 0.3 is 0 Å². The van der Waals surface area contributed by atoms with Crippen LogP contribution in [0.15, 0.2) is 47.5 Å². The average molecular weight is 390 g/mol. The summed E-state index contributed by atoms with van der Waals surface area (Å²) in [6.45, 7) is 0.826. The molecule has 0 spiro atoms. The van der Waals surface area contributed by atoms with Crippen LogP contribution in [0.2, 0.25) is 0 Å². The van der Waals surface area contributed by atoms with E-state index in [-0.39, 0.29) is 12.4 Å². The van der Waals surface area contributed by atoms with E-state index < -0.39 is 5.91 Å². The summed E-state index contributed by atoms with van der Waals surface area (Å²) in [7, 11) is 3.23. The average Bonchev–Trinajstić information content (AvgIpc) is 3.01. The fourth-order valence-corrected chi connectivity index (χ4v) is 3.58. The van der Waals surface area contributed by atoms with E-state index in [1.807, 2.05) is 22.8 Å². The molecule has 3 rings (SSSR count). The number of carbonyl (C=O) groups is 1. The molecule has 6 nitrogen and oxygen atoms in total. The van der Waals surface area contributed by atoms with Gasteiger partial charge in [-0.2, -0.15) is 4.99 Å². The van der Waals surface area contributed by atoms with Crippen molar-refractivity contribution in [3.63, 3.8) is 0 Å². The lowest BCUT2D eigenvalue weighted by molar-refractivity contribution is -0.120. The lowest BCUT2D eigenvalue weighted by Crippen LogP contribution is -2.21. The second kappa shape index (κ2) is 8.79. The summed E-state index contributed by atoms with van der Waals surface area (Å²) in [4.78, 5) is 17.0. The van der Waals surface area contributed by atoms with Crippen molar-refractivity contribution in [2.75, 3.05) is 27.4 Å². The number of halogens is 1. The third kappa shape index (κ3) is 4.72. The zero-order valence-corrected chi connectivity index (χ0v) is 15.8. The molecule has 0 saturated heterocycles. The standard InChI is InChI=1S/C19H19FN2O4S/c1-24-10-9-22-16-8-7-15(25-2)11-17(16)27-19(22)21-18(23)12-26-14-5-3-13(20)4-6-14/h3-8,11H,9-10,12H2,1-2H3. The lowest BCUT2D eigenvalue weighted by Gasteiger charge is -2.05. The normalized spacial score (nSPS) is 11.7. The second-order valence-corrected chi connectivity index (χ2v) is 6.62. The predicted octanol–water partition coefficient (Wildman–Crippen LogP) is 3.00. The number of benzene rings is 2. The van der Waals surface area contributed by atoms with Crippen molar-refractivity contribution in [3.8, 4) is 11.5 Å². The number of carbonyl (C=O) groups excluding carboxylic acids is 1. The number of rotatable bonds is 7. The Morgan fingerprint density at radius 1 is 1.15 bits per heavy atom. The lowest BCUT2D eigenvalue weighted by atomic mass is 10.3. The molecule has 1 aromatic heterocycles. The molecular formula is C19H19FN2O4S. The maximum absolute atomic E-state index is 12.9. The zero-order valence-electron chi connectivity index (χ0n) is 15.0. The van der Waals surface area contributed by atoms with E-state index >= 15 is 0 Å². The SMILES string of the molecule is COCCn1c(=NC(=O)COc2ccc(F)cc2)sc2cc(OC)ccc21. The van der Waals surface area contributed by atoms with Crippen molar-refractivity contribution < 1.29 is 23.4 Å². The van der Waals surface area contributed by atoms with Gasteiger partial charge in [-0.15, -0.1) is 0 Å². The number of ether oxygens (including phenoxy) is 3. The van der Waals surface area contributed by atoms with Gasteiger partial charge in [0.05, 0.1) is 23.9 Å². The highest BCUT2D eigenvalue weighted by Crippen LogP contribution is 2.23. The van der Waals surface area contributed by atoms with Gasteiger partial charge in [0.1, 0.15) is 17.3 Å². The largest absolute Gasteiger partial charge is 0.497 e. The number of thiazole rings is 1. The Morgan fingerprint density at radius 2 is 1.89 bits per heavy atom. The third-order valence-corrected chi connectivity index (χ3v) is 4.85. The van der Waals surface area contributed by atoms with Crippen LogP contribution in [-0.2, 0) is 16.1 Å². The van der Waals surface area contributed by atoms with Crippen LogP contribution in [0.3, 0.4) is 0 Å². The molecule has 1 amide bonds. The van der Waals surface area contributed by atoms with E-state index in [0.29, 0.717) is 23.7 Å². The number of aromatic nitrogens is 1. The molecule has 0 aliphatic rings. The van der Waals surface area contributed by atoms with Crippen LogP contribution < -0.4 is 14.3 Å². The summed E-state index contributed by atoms with van der Waals surface area (Å²) >= 11 is 1.39. The molecule has 0 atom stereocenters. The first kappa shape index (κ1) is 19.1. The molecule has 0 aliphatic carbocycles. The fraction of sp³-hybridized carbons (Fsp3) is 0.263. The van der Waals surface area contributed by atoms with Gasteiger partial charge in [-0.3, -0.25) is 4.79 Å². The quantitative estimate of drug-likeness (QED) is 0.622. The highest BCUT2D eigenvalue weighted by Gasteiger charge is 2.09. The molecular weight excluding hydrogens is 371 g/mol. The summed E-state index contributed by atoms with van der Waals surface area (Å²) in [5.74, 6) is 0.357. The van der Waals surface area contributed by atoms with Gasteiger partial charge in [0, 0.05) is 13.7 Å². The molecule has 142 valence electrons. The molecule has 3 aromatic rings. The zero-order chi connectivity index (χ0) is 19.2. The number of nitrogens with zero attached hydrogens (tertiary/aromatic N) is 2. The van der Waals surface area contributed by atoms with Gasteiger partial charge in [-0.1, -0.05) is 11.3 Å². The maximum Gasteiger partial charge on any atom is 0.286 e. The van der Waals surface area contributed by atoms with Crippen LogP contribution in [0.4, 0.5) is 4.39 Å². The smallest absolute Gasteiger partial charge is 0.286 e. The van der Waals surface area contributed by atoms with E-state index in [1.54, 1.807) is 14.2 Å². The maximum atomic E-state index is 12.9. The highest BCUT2D eigenvalue weighted by molar-refractivity contribution is 7.16. The minimum atomic E-state index is -0.427. The molecule has 0 fully saturated rings. The summed E-state index contributed by atoms with van der Waals surface area (Å²) in [5.41, 5.74) is 0.948. The topological polar surface area (TPSA) is 62.1 Å². The number of hydrogen-bond acceptors (Lipinski definition) is 5. The first-order chi connectivity index (χ1) is 13.1. The fourth-order valence-electron chi connectivity index (χ4n) is 2.48. The van der Waals surface area contributed by atoms with Gasteiger partial charge in [-0.25, -0.2) is 4.39 Å². The summed E-state index contributed by atoms with van der Waals surface area (Å²) in [5, 5.41) is 0. The van der Waals surface area contributed by atoms with Gasteiger partial charge in [0.15, 0.2) is 11.4 Å². The minimum Gasteiger partial charge on any atom is -0.497 e. The molecule has 0 radical (unpaired) electrons. The van der Waals surface area contributed by atoms with Crippen molar-refractivity contribution in [1.29, 1.82) is 0 Å². The predicted molar refractivity (Wildman–Crippen MR) is 101 cm³/mol. The van der Waals surface area contributed by atoms with Gasteiger partial charge < -0.3 is 18.8 Å². The molecule has 2 aromatic carbocycles. The number of methoxy groups -OCH3 is 2. The number of fused-ring (bicyclic) bond motifs is 1. The molecule has 0 aliphatic heterocycles. The second-order valence-electron chi connectivity index (χ2n) is 5.61. The number of amides is 1. The first-order valence-corrected chi connectivity index (χ1v) is 9.04. The molecule has 0 N–H and O–H groups in total. The third-order valence-electron chi connectivity index (χ3n) is 3.81. The Labute approximate surface area is 159 Å². The van der Waals surface area contributed by atoms with Gasteiger partial charge in [0.25, 0.3) is 5.91 Å². The van der Waals surface area contributed by atoms with E-state index in [1.165, 1.54) is 35.6 Å². The summed E-state index contributed by atoms with van der Waals surface area (Å²) < 4.78 is 31.6. The van der Waals surface area contributed by atoms with Crippen LogP contribution >= 0.6 is 11.3 Å².